The van der Waals surface area contributed by atoms with E-state index in [0.717, 1.165) is 18.4 Å². The van der Waals surface area contributed by atoms with Crippen LogP contribution in [0.4, 0.5) is 0 Å². The first-order valence-electron chi connectivity index (χ1n) is 6.52. The lowest BCUT2D eigenvalue weighted by atomic mass is 9.99. The molecule has 0 saturated carbocycles. The second-order valence-corrected chi connectivity index (χ2v) is 4.67. The Labute approximate surface area is 107 Å². The number of rotatable bonds is 2. The standard InChI is InChI=1S/C16H16O2/c1-2-18-16(17)10-15-13-7-4-3-6-11(13)12-8-5-9-14(12)15/h3-4,6-7,10H,2,5,8-9H2,1H3/b15-10-. The fourth-order valence-electron chi connectivity index (χ4n) is 2.95. The molecule has 0 amide bonds. The maximum Gasteiger partial charge on any atom is 0.331 e. The molecule has 0 radical (unpaired) electrons. The summed E-state index contributed by atoms with van der Waals surface area (Å²) in [6, 6.07) is 8.34. The minimum absolute atomic E-state index is 0.233. The van der Waals surface area contributed by atoms with Crippen molar-refractivity contribution in [3.63, 3.8) is 0 Å². The highest BCUT2D eigenvalue weighted by atomic mass is 16.5. The third kappa shape index (κ3) is 1.69. The van der Waals surface area contributed by atoms with Gasteiger partial charge < -0.3 is 4.74 Å². The first-order valence-corrected chi connectivity index (χ1v) is 6.52. The lowest BCUT2D eigenvalue weighted by molar-refractivity contribution is -0.137. The van der Waals surface area contributed by atoms with E-state index in [4.69, 9.17) is 4.74 Å². The van der Waals surface area contributed by atoms with Crippen molar-refractivity contribution in [2.75, 3.05) is 6.61 Å². The van der Waals surface area contributed by atoms with Crippen LogP contribution in [0.25, 0.3) is 11.1 Å². The summed E-state index contributed by atoms with van der Waals surface area (Å²) in [5, 5.41) is 0. The van der Waals surface area contributed by atoms with Crippen molar-refractivity contribution < 1.29 is 9.53 Å². The van der Waals surface area contributed by atoms with Gasteiger partial charge in [-0.2, -0.15) is 0 Å². The number of hydrogen-bond acceptors (Lipinski definition) is 2. The molecule has 2 aliphatic carbocycles. The van der Waals surface area contributed by atoms with Crippen LogP contribution in [-0.4, -0.2) is 12.6 Å². The average molecular weight is 240 g/mol. The quantitative estimate of drug-likeness (QED) is 0.583. The van der Waals surface area contributed by atoms with E-state index in [9.17, 15) is 4.79 Å². The number of fused-ring (bicyclic) bond motifs is 2. The summed E-state index contributed by atoms with van der Waals surface area (Å²) in [5.74, 6) is -0.233. The number of allylic oxidation sites excluding steroid dienone is 3. The minimum Gasteiger partial charge on any atom is -0.463 e. The Morgan fingerprint density at radius 3 is 2.72 bits per heavy atom. The zero-order chi connectivity index (χ0) is 12.5. The number of esters is 1. The highest BCUT2D eigenvalue weighted by Gasteiger charge is 2.29. The van der Waals surface area contributed by atoms with Gasteiger partial charge in [-0.15, -0.1) is 0 Å². The fourth-order valence-corrected chi connectivity index (χ4v) is 2.95. The summed E-state index contributed by atoms with van der Waals surface area (Å²) in [6.07, 6.45) is 5.07. The summed E-state index contributed by atoms with van der Waals surface area (Å²) in [7, 11) is 0. The van der Waals surface area contributed by atoms with Gasteiger partial charge in [-0.05, 0) is 54.0 Å². The van der Waals surface area contributed by atoms with Gasteiger partial charge in [0.15, 0.2) is 0 Å². The highest BCUT2D eigenvalue weighted by molar-refractivity contribution is 6.06. The first-order chi connectivity index (χ1) is 8.81. The van der Waals surface area contributed by atoms with Gasteiger partial charge in [-0.3, -0.25) is 0 Å². The predicted octanol–water partition coefficient (Wildman–Crippen LogP) is 3.58. The molecule has 1 aromatic rings. The molecule has 92 valence electrons. The Morgan fingerprint density at radius 2 is 1.94 bits per heavy atom. The van der Waals surface area contributed by atoms with Crippen LogP contribution in [0.3, 0.4) is 0 Å². The summed E-state index contributed by atoms with van der Waals surface area (Å²) >= 11 is 0. The van der Waals surface area contributed by atoms with Crippen molar-refractivity contribution in [2.45, 2.75) is 26.2 Å². The number of ether oxygens (including phenoxy) is 1. The molecule has 0 unspecified atom stereocenters. The monoisotopic (exact) mass is 240 g/mol. The first kappa shape index (κ1) is 11.3. The molecule has 0 aliphatic heterocycles. The van der Waals surface area contributed by atoms with E-state index in [-0.39, 0.29) is 5.97 Å². The van der Waals surface area contributed by atoms with E-state index in [1.165, 1.54) is 28.7 Å². The minimum atomic E-state index is -0.233. The molecular weight excluding hydrogens is 224 g/mol. The van der Waals surface area contributed by atoms with Gasteiger partial charge in [0.25, 0.3) is 0 Å². The van der Waals surface area contributed by atoms with Crippen LogP contribution < -0.4 is 0 Å². The molecule has 0 bridgehead atoms. The van der Waals surface area contributed by atoms with E-state index >= 15 is 0 Å². The Bertz CT molecular complexity index is 564. The lowest BCUT2D eigenvalue weighted by Gasteiger charge is -2.06. The van der Waals surface area contributed by atoms with Crippen LogP contribution in [-0.2, 0) is 9.53 Å². The number of carbonyl (C=O) groups excluding carboxylic acids is 1. The summed E-state index contributed by atoms with van der Waals surface area (Å²) < 4.78 is 5.03. The van der Waals surface area contributed by atoms with Gasteiger partial charge in [-0.1, -0.05) is 24.3 Å². The van der Waals surface area contributed by atoms with Crippen LogP contribution in [0.15, 0.2) is 35.9 Å². The van der Waals surface area contributed by atoms with Gasteiger partial charge in [0.2, 0.25) is 0 Å². The average Bonchev–Trinajstić information content (AvgIpc) is 2.93. The Morgan fingerprint density at radius 1 is 1.22 bits per heavy atom. The summed E-state index contributed by atoms with van der Waals surface area (Å²) in [6.45, 7) is 2.26. The second kappa shape index (κ2) is 4.45. The SMILES string of the molecule is CCOC(=O)/C=C1\C2=C(CCC2)c2ccccc21. The maximum atomic E-state index is 11.7. The number of carbonyl (C=O) groups is 1. The third-order valence-electron chi connectivity index (χ3n) is 3.63. The largest absolute Gasteiger partial charge is 0.463 e. The molecule has 0 spiro atoms. The van der Waals surface area contributed by atoms with Gasteiger partial charge in [0.1, 0.15) is 0 Å². The molecule has 1 aromatic carbocycles. The summed E-state index contributed by atoms with van der Waals surface area (Å²) in [4.78, 5) is 11.7. The van der Waals surface area contributed by atoms with Crippen molar-refractivity contribution in [2.24, 2.45) is 0 Å². The van der Waals surface area contributed by atoms with Gasteiger partial charge in [-0.25, -0.2) is 4.79 Å². The molecule has 2 nitrogen and oxygen atoms in total. The van der Waals surface area contributed by atoms with Gasteiger partial charge in [0, 0.05) is 6.08 Å². The third-order valence-corrected chi connectivity index (χ3v) is 3.63. The van der Waals surface area contributed by atoms with E-state index in [1.54, 1.807) is 6.08 Å². The number of benzene rings is 1. The van der Waals surface area contributed by atoms with Crippen LogP contribution in [0.5, 0.6) is 0 Å². The van der Waals surface area contributed by atoms with Crippen molar-refractivity contribution in [1.82, 2.24) is 0 Å². The molecule has 2 aliphatic rings. The van der Waals surface area contributed by atoms with Crippen molar-refractivity contribution >= 4 is 17.1 Å². The molecular formula is C16H16O2. The van der Waals surface area contributed by atoms with Crippen molar-refractivity contribution in [3.8, 4) is 0 Å². The molecule has 0 heterocycles. The van der Waals surface area contributed by atoms with E-state index < -0.39 is 0 Å². The van der Waals surface area contributed by atoms with Crippen molar-refractivity contribution in [1.29, 1.82) is 0 Å². The molecule has 0 N–H and O–H groups in total. The van der Waals surface area contributed by atoms with Crippen LogP contribution >= 0.6 is 0 Å². The van der Waals surface area contributed by atoms with Crippen LogP contribution in [0.2, 0.25) is 0 Å². The Kier molecular flexibility index (Phi) is 2.78. The zero-order valence-corrected chi connectivity index (χ0v) is 10.5. The van der Waals surface area contributed by atoms with Crippen LogP contribution in [0.1, 0.15) is 37.3 Å². The molecule has 0 aromatic heterocycles. The van der Waals surface area contributed by atoms with E-state index in [2.05, 4.69) is 18.2 Å². The molecule has 0 saturated heterocycles. The lowest BCUT2D eigenvalue weighted by Crippen LogP contribution is -2.01. The normalized spacial score (nSPS) is 19.1. The molecule has 2 heteroatoms. The van der Waals surface area contributed by atoms with Gasteiger partial charge >= 0.3 is 5.97 Å². The second-order valence-electron chi connectivity index (χ2n) is 4.67. The smallest absolute Gasteiger partial charge is 0.331 e. The maximum absolute atomic E-state index is 11.7. The molecule has 0 atom stereocenters. The topological polar surface area (TPSA) is 26.3 Å². The fraction of sp³-hybridized carbons (Fsp3) is 0.312. The summed E-state index contributed by atoms with van der Waals surface area (Å²) in [5.41, 5.74) is 6.36. The zero-order valence-electron chi connectivity index (χ0n) is 10.5. The van der Waals surface area contributed by atoms with Gasteiger partial charge in [0.05, 0.1) is 6.61 Å². The van der Waals surface area contributed by atoms with Crippen LogP contribution in [0, 0.1) is 0 Å². The Hall–Kier alpha value is -1.83. The van der Waals surface area contributed by atoms with E-state index in [1.807, 2.05) is 13.0 Å². The highest BCUT2D eigenvalue weighted by Crippen LogP contribution is 2.49. The molecule has 18 heavy (non-hydrogen) atoms. The van der Waals surface area contributed by atoms with Crippen molar-refractivity contribution in [3.05, 3.63) is 47.0 Å². The molecule has 3 rings (SSSR count). The number of hydrogen-bond donors (Lipinski definition) is 0. The Balaban J connectivity index is 2.07. The van der Waals surface area contributed by atoms with E-state index in [0.29, 0.717) is 6.61 Å². The predicted molar refractivity (Wildman–Crippen MR) is 71.8 cm³/mol. The molecule has 0 fully saturated rings.